The van der Waals surface area contributed by atoms with E-state index < -0.39 is 5.60 Å². The first-order chi connectivity index (χ1) is 14.4. The second-order valence-electron chi connectivity index (χ2n) is 8.98. The van der Waals surface area contributed by atoms with Gasteiger partial charge in [0.15, 0.2) is 5.90 Å². The molecule has 3 atom stereocenters. The zero-order valence-electron chi connectivity index (χ0n) is 19.2. The molecule has 1 heterocycles. The van der Waals surface area contributed by atoms with Crippen LogP contribution in [0.4, 0.5) is 4.39 Å². The predicted molar refractivity (Wildman–Crippen MR) is 123 cm³/mol. The van der Waals surface area contributed by atoms with Crippen molar-refractivity contribution in [3.63, 3.8) is 0 Å². The summed E-state index contributed by atoms with van der Waals surface area (Å²) >= 11 is 0. The van der Waals surface area contributed by atoms with Crippen molar-refractivity contribution in [2.75, 3.05) is 0 Å². The first-order valence-corrected chi connectivity index (χ1v) is 11.8. The Kier molecular flexibility index (Phi) is 10.0. The number of hydrogen-bond acceptors (Lipinski definition) is 3. The van der Waals surface area contributed by atoms with Gasteiger partial charge in [0.2, 0.25) is 0 Å². The first kappa shape index (κ1) is 24.6. The molecule has 0 spiro atoms. The summed E-state index contributed by atoms with van der Waals surface area (Å²) in [5.41, 5.74) is 0.0745. The zero-order valence-corrected chi connectivity index (χ0v) is 19.2. The molecule has 0 amide bonds. The summed E-state index contributed by atoms with van der Waals surface area (Å²) in [7, 11) is 0. The summed E-state index contributed by atoms with van der Waals surface area (Å²) in [6.45, 7) is 8.55. The third kappa shape index (κ3) is 7.54. The van der Waals surface area contributed by atoms with Gasteiger partial charge in [-0.3, -0.25) is 0 Å². The van der Waals surface area contributed by atoms with E-state index >= 15 is 0 Å². The van der Waals surface area contributed by atoms with Crippen molar-refractivity contribution < 1.29 is 14.2 Å². The van der Waals surface area contributed by atoms with Crippen LogP contribution in [0.2, 0.25) is 0 Å². The van der Waals surface area contributed by atoms with Gasteiger partial charge in [-0.05, 0) is 36.5 Å². The molecule has 4 heteroatoms. The highest BCUT2D eigenvalue weighted by molar-refractivity contribution is 5.79. The largest absolute Gasteiger partial charge is 0.470 e. The van der Waals surface area contributed by atoms with Crippen molar-refractivity contribution in [1.82, 2.24) is 0 Å². The van der Waals surface area contributed by atoms with E-state index in [1.165, 1.54) is 37.8 Å². The number of aliphatic imine (C=N–C) groups is 1. The van der Waals surface area contributed by atoms with Crippen LogP contribution < -0.4 is 0 Å². The first-order valence-electron chi connectivity index (χ1n) is 11.8. The van der Waals surface area contributed by atoms with Gasteiger partial charge in [0.1, 0.15) is 11.9 Å². The molecule has 3 unspecified atom stereocenters. The monoisotopic (exact) mass is 417 g/mol. The van der Waals surface area contributed by atoms with Crippen molar-refractivity contribution in [3.05, 3.63) is 47.8 Å². The summed E-state index contributed by atoms with van der Waals surface area (Å²) in [6, 6.07) is 6.57. The van der Waals surface area contributed by atoms with Crippen LogP contribution in [0.1, 0.15) is 97.1 Å². The molecule has 3 nitrogen and oxygen atoms in total. The quantitative estimate of drug-likeness (QED) is 0.273. The number of aliphatic hydroxyl groups is 1. The van der Waals surface area contributed by atoms with E-state index in [0.29, 0.717) is 18.2 Å². The molecule has 0 aliphatic carbocycles. The van der Waals surface area contributed by atoms with Gasteiger partial charge in [-0.15, -0.1) is 0 Å². The number of unbranched alkanes of at least 4 members (excludes halogenated alkanes) is 4. The van der Waals surface area contributed by atoms with Gasteiger partial charge in [0, 0.05) is 6.42 Å². The molecule has 1 aromatic carbocycles. The lowest BCUT2D eigenvalue weighted by Gasteiger charge is -2.24. The van der Waals surface area contributed by atoms with Crippen LogP contribution >= 0.6 is 0 Å². The van der Waals surface area contributed by atoms with Crippen molar-refractivity contribution >= 4 is 5.90 Å². The Labute approximate surface area is 182 Å². The zero-order chi connectivity index (χ0) is 22.0. The van der Waals surface area contributed by atoms with Crippen molar-refractivity contribution in [3.8, 4) is 0 Å². The minimum atomic E-state index is -0.750. The molecule has 1 aromatic rings. The summed E-state index contributed by atoms with van der Waals surface area (Å²) in [6.07, 6.45) is 12.7. The normalized spacial score (nSPS) is 21.1. The fraction of sp³-hybridized carbons (Fsp3) is 0.654. The highest BCUT2D eigenvalue weighted by Crippen LogP contribution is 2.34. The van der Waals surface area contributed by atoms with Crippen LogP contribution in [0.25, 0.3) is 0 Å². The van der Waals surface area contributed by atoms with E-state index in [0.717, 1.165) is 31.2 Å². The Morgan fingerprint density at radius 1 is 1.13 bits per heavy atom. The highest BCUT2D eigenvalue weighted by atomic mass is 19.1. The number of ether oxygens (including phenoxy) is 1. The molecule has 0 fully saturated rings. The molecule has 0 radical (unpaired) electrons. The topological polar surface area (TPSA) is 41.8 Å². The van der Waals surface area contributed by atoms with Crippen molar-refractivity contribution in [2.24, 2.45) is 10.9 Å². The summed E-state index contributed by atoms with van der Waals surface area (Å²) in [5.74, 6) is 0.705. The lowest BCUT2D eigenvalue weighted by atomic mass is 9.90. The molecule has 0 saturated heterocycles. The van der Waals surface area contributed by atoms with E-state index in [1.54, 1.807) is 6.07 Å². The molecule has 1 aliphatic heterocycles. The fourth-order valence-electron chi connectivity index (χ4n) is 4.17. The minimum absolute atomic E-state index is 0.0247. The van der Waals surface area contributed by atoms with Crippen LogP contribution in [0.3, 0.4) is 0 Å². The Bertz CT molecular complexity index is 700. The molecule has 0 saturated carbocycles. The van der Waals surface area contributed by atoms with Crippen LogP contribution in [0.5, 0.6) is 0 Å². The molecule has 1 N–H and O–H groups in total. The summed E-state index contributed by atoms with van der Waals surface area (Å²) in [4.78, 5) is 4.78. The number of nitrogens with zero attached hydrogens (tertiary/aromatic N) is 1. The minimum Gasteiger partial charge on any atom is -0.470 e. The van der Waals surface area contributed by atoms with Gasteiger partial charge >= 0.3 is 0 Å². The Morgan fingerprint density at radius 3 is 2.57 bits per heavy atom. The van der Waals surface area contributed by atoms with Crippen LogP contribution in [-0.4, -0.2) is 22.6 Å². The number of benzene rings is 1. The van der Waals surface area contributed by atoms with E-state index in [1.807, 2.05) is 18.2 Å². The van der Waals surface area contributed by atoms with Gasteiger partial charge in [-0.2, -0.15) is 0 Å². The van der Waals surface area contributed by atoms with Gasteiger partial charge in [-0.1, -0.05) is 90.5 Å². The maximum absolute atomic E-state index is 13.7. The molecule has 0 bridgehead atoms. The molecule has 2 rings (SSSR count). The summed E-state index contributed by atoms with van der Waals surface area (Å²) in [5, 5.41) is 11.0. The predicted octanol–water partition coefficient (Wildman–Crippen LogP) is 7.16. The Balaban J connectivity index is 1.98. The van der Waals surface area contributed by atoms with Gasteiger partial charge in [0.25, 0.3) is 0 Å². The lowest BCUT2D eigenvalue weighted by molar-refractivity contribution is 0.0682. The third-order valence-corrected chi connectivity index (χ3v) is 5.84. The highest BCUT2D eigenvalue weighted by Gasteiger charge is 2.34. The van der Waals surface area contributed by atoms with E-state index in [-0.39, 0.29) is 18.0 Å². The summed E-state index contributed by atoms with van der Waals surface area (Å²) < 4.78 is 19.8. The van der Waals surface area contributed by atoms with Crippen LogP contribution in [0, 0.1) is 11.7 Å². The van der Waals surface area contributed by atoms with Crippen molar-refractivity contribution in [2.45, 2.75) is 103 Å². The van der Waals surface area contributed by atoms with E-state index in [9.17, 15) is 9.50 Å². The Hall–Kier alpha value is -1.68. The van der Waals surface area contributed by atoms with Crippen LogP contribution in [0.15, 0.2) is 41.4 Å². The van der Waals surface area contributed by atoms with Crippen LogP contribution in [-0.2, 0) is 4.74 Å². The van der Waals surface area contributed by atoms with Gasteiger partial charge in [-0.25, -0.2) is 9.38 Å². The molecule has 168 valence electrons. The third-order valence-electron chi connectivity index (χ3n) is 5.84. The van der Waals surface area contributed by atoms with Gasteiger partial charge in [0.05, 0.1) is 11.6 Å². The maximum Gasteiger partial charge on any atom is 0.188 e. The van der Waals surface area contributed by atoms with E-state index in [4.69, 9.17) is 9.73 Å². The second kappa shape index (κ2) is 12.2. The maximum atomic E-state index is 13.7. The lowest BCUT2D eigenvalue weighted by Crippen LogP contribution is -2.25. The average Bonchev–Trinajstić information content (AvgIpc) is 3.13. The average molecular weight is 418 g/mol. The molecule has 0 aromatic heterocycles. The number of halogens is 1. The second-order valence-corrected chi connectivity index (χ2v) is 8.98. The molecular weight excluding hydrogens is 377 g/mol. The fourth-order valence-corrected chi connectivity index (χ4v) is 4.17. The smallest absolute Gasteiger partial charge is 0.188 e. The Morgan fingerprint density at radius 2 is 1.90 bits per heavy atom. The number of rotatable bonds is 13. The SMILES string of the molecule is CCCCCCCC(O)(C=CCC1=NC(C(C)C)C(c2cccc(F)c2)O1)CCC. The number of hydrogen-bond donors (Lipinski definition) is 1. The molecule has 30 heavy (non-hydrogen) atoms. The van der Waals surface area contributed by atoms with Crippen molar-refractivity contribution in [1.29, 1.82) is 0 Å². The molecule has 1 aliphatic rings. The standard InChI is InChI=1S/C26H40FNO2/c1-5-7-8-9-10-17-26(29,16-6-2)18-12-15-23-28-24(20(3)4)25(30-23)21-13-11-14-22(27)19-21/h11-14,18-20,24-25,29H,5-10,15-17H2,1-4H3. The van der Waals surface area contributed by atoms with E-state index in [2.05, 4.69) is 27.7 Å². The van der Waals surface area contributed by atoms with Gasteiger partial charge < -0.3 is 9.84 Å². The molecular formula is C26H40FNO2.